The molecule has 1 aliphatic heterocycles. The van der Waals surface area contributed by atoms with Crippen LogP contribution < -0.4 is 5.32 Å². The largest absolute Gasteiger partial charge is 0.391 e. The van der Waals surface area contributed by atoms with Crippen LogP contribution in [-0.2, 0) is 7.05 Å². The van der Waals surface area contributed by atoms with Gasteiger partial charge in [0.15, 0.2) is 0 Å². The fourth-order valence-corrected chi connectivity index (χ4v) is 1.68. The van der Waals surface area contributed by atoms with Gasteiger partial charge < -0.3 is 10.4 Å². The van der Waals surface area contributed by atoms with Crippen molar-refractivity contribution in [3.05, 3.63) is 18.0 Å². The maximum absolute atomic E-state index is 9.58. The lowest BCUT2D eigenvalue weighted by molar-refractivity contribution is 0.156. The number of aromatic nitrogens is 2. The Balaban J connectivity index is 2.24. The molecule has 0 spiro atoms. The summed E-state index contributed by atoms with van der Waals surface area (Å²) in [4.78, 5) is 0. The van der Waals surface area contributed by atoms with Crippen LogP contribution in [-0.4, -0.2) is 27.5 Å². The minimum atomic E-state index is -0.264. The van der Waals surface area contributed by atoms with Crippen LogP contribution in [0.2, 0.25) is 0 Å². The van der Waals surface area contributed by atoms with Crippen LogP contribution in [0.5, 0.6) is 0 Å². The van der Waals surface area contributed by atoms with Crippen molar-refractivity contribution in [3.63, 3.8) is 0 Å². The number of rotatable bonds is 1. The molecule has 0 saturated carbocycles. The monoisotopic (exact) mass is 167 g/mol. The van der Waals surface area contributed by atoms with E-state index in [4.69, 9.17) is 0 Å². The van der Waals surface area contributed by atoms with E-state index in [9.17, 15) is 5.11 Å². The predicted octanol–water partition coefficient (Wildman–Crippen LogP) is -0.185. The summed E-state index contributed by atoms with van der Waals surface area (Å²) >= 11 is 0. The van der Waals surface area contributed by atoms with Crippen molar-refractivity contribution in [2.45, 2.75) is 18.6 Å². The third-order valence-corrected chi connectivity index (χ3v) is 2.37. The molecule has 2 heterocycles. The normalized spacial score (nSPS) is 29.5. The molecule has 4 nitrogen and oxygen atoms in total. The molecule has 2 unspecified atom stereocenters. The van der Waals surface area contributed by atoms with E-state index < -0.39 is 0 Å². The van der Waals surface area contributed by atoms with E-state index in [2.05, 4.69) is 10.4 Å². The van der Waals surface area contributed by atoms with Crippen molar-refractivity contribution in [1.82, 2.24) is 15.1 Å². The zero-order chi connectivity index (χ0) is 8.55. The first-order valence-corrected chi connectivity index (χ1v) is 4.18. The lowest BCUT2D eigenvalue weighted by Gasteiger charge is -2.14. The second-order valence-electron chi connectivity index (χ2n) is 3.17. The van der Waals surface area contributed by atoms with E-state index in [1.54, 1.807) is 10.9 Å². The molecular weight excluding hydrogens is 154 g/mol. The molecule has 12 heavy (non-hydrogen) atoms. The molecule has 0 aromatic carbocycles. The van der Waals surface area contributed by atoms with Gasteiger partial charge in [0.2, 0.25) is 0 Å². The highest BCUT2D eigenvalue weighted by Crippen LogP contribution is 2.22. The Labute approximate surface area is 71.2 Å². The summed E-state index contributed by atoms with van der Waals surface area (Å²) in [6.45, 7) is 0.886. The Hall–Kier alpha value is -0.870. The summed E-state index contributed by atoms with van der Waals surface area (Å²) in [5, 5.41) is 16.9. The average molecular weight is 167 g/mol. The minimum Gasteiger partial charge on any atom is -0.391 e. The molecule has 4 heteroatoms. The summed E-state index contributed by atoms with van der Waals surface area (Å²) in [5.41, 5.74) is 1.06. The first-order chi connectivity index (χ1) is 5.79. The van der Waals surface area contributed by atoms with Crippen LogP contribution in [0.25, 0.3) is 0 Å². The second-order valence-corrected chi connectivity index (χ2v) is 3.17. The standard InChI is InChI=1S/C8H13N3O/c1-11-6(2-5-10-11)8-7(12)3-4-9-8/h2,5,7-9,12H,3-4H2,1H3. The van der Waals surface area contributed by atoms with Gasteiger partial charge in [-0.1, -0.05) is 0 Å². The molecule has 0 amide bonds. The lowest BCUT2D eigenvalue weighted by atomic mass is 10.1. The summed E-state index contributed by atoms with van der Waals surface area (Å²) in [5.74, 6) is 0. The van der Waals surface area contributed by atoms with Crippen molar-refractivity contribution in [2.24, 2.45) is 7.05 Å². The fraction of sp³-hybridized carbons (Fsp3) is 0.625. The van der Waals surface area contributed by atoms with Crippen LogP contribution in [0.15, 0.2) is 12.3 Å². The molecule has 0 radical (unpaired) electrons. The molecule has 2 atom stereocenters. The van der Waals surface area contributed by atoms with Crippen LogP contribution in [0, 0.1) is 0 Å². The zero-order valence-corrected chi connectivity index (χ0v) is 7.07. The first kappa shape index (κ1) is 7.76. The smallest absolute Gasteiger partial charge is 0.0762 e. The quantitative estimate of drug-likeness (QED) is 0.610. The van der Waals surface area contributed by atoms with Gasteiger partial charge in [-0.05, 0) is 19.0 Å². The van der Waals surface area contributed by atoms with Gasteiger partial charge in [0.05, 0.1) is 17.8 Å². The Bertz CT molecular complexity index is 271. The predicted molar refractivity (Wildman–Crippen MR) is 44.6 cm³/mol. The second kappa shape index (κ2) is 2.88. The molecule has 2 N–H and O–H groups in total. The Morgan fingerprint density at radius 1 is 1.75 bits per heavy atom. The highest BCUT2D eigenvalue weighted by molar-refractivity contribution is 5.10. The van der Waals surface area contributed by atoms with E-state index in [0.717, 1.165) is 18.7 Å². The minimum absolute atomic E-state index is 0.0671. The molecule has 66 valence electrons. The van der Waals surface area contributed by atoms with Crippen LogP contribution in [0.3, 0.4) is 0 Å². The number of aryl methyl sites for hydroxylation is 1. The molecule has 1 aliphatic rings. The summed E-state index contributed by atoms with van der Waals surface area (Å²) < 4.78 is 1.80. The third-order valence-electron chi connectivity index (χ3n) is 2.37. The van der Waals surface area contributed by atoms with Crippen LogP contribution in [0.1, 0.15) is 18.2 Å². The first-order valence-electron chi connectivity index (χ1n) is 4.18. The lowest BCUT2D eigenvalue weighted by Crippen LogP contribution is -2.23. The molecular formula is C8H13N3O. The van der Waals surface area contributed by atoms with Crippen molar-refractivity contribution in [3.8, 4) is 0 Å². The van der Waals surface area contributed by atoms with Gasteiger partial charge in [-0.2, -0.15) is 5.10 Å². The van der Waals surface area contributed by atoms with Gasteiger partial charge in [0.25, 0.3) is 0 Å². The number of hydrogen-bond acceptors (Lipinski definition) is 3. The van der Waals surface area contributed by atoms with Crippen LogP contribution in [0.4, 0.5) is 0 Å². The Morgan fingerprint density at radius 3 is 3.08 bits per heavy atom. The van der Waals surface area contributed by atoms with E-state index in [1.807, 2.05) is 13.1 Å². The zero-order valence-electron chi connectivity index (χ0n) is 7.07. The van der Waals surface area contributed by atoms with Gasteiger partial charge in [-0.25, -0.2) is 0 Å². The molecule has 1 saturated heterocycles. The number of nitrogens with one attached hydrogen (secondary N) is 1. The maximum atomic E-state index is 9.58. The number of nitrogens with zero attached hydrogens (tertiary/aromatic N) is 2. The molecule has 2 rings (SSSR count). The third kappa shape index (κ3) is 1.13. The molecule has 0 bridgehead atoms. The van der Waals surface area contributed by atoms with Gasteiger partial charge in [0, 0.05) is 13.2 Å². The van der Waals surface area contributed by atoms with E-state index >= 15 is 0 Å². The number of aliphatic hydroxyl groups is 1. The summed E-state index contributed by atoms with van der Waals surface area (Å²) in [7, 11) is 1.89. The molecule has 0 aliphatic carbocycles. The van der Waals surface area contributed by atoms with E-state index in [1.165, 1.54) is 0 Å². The van der Waals surface area contributed by atoms with Gasteiger partial charge in [-0.3, -0.25) is 4.68 Å². The average Bonchev–Trinajstić information content (AvgIpc) is 2.59. The number of hydrogen-bond donors (Lipinski definition) is 2. The highest BCUT2D eigenvalue weighted by Gasteiger charge is 2.27. The topological polar surface area (TPSA) is 50.1 Å². The molecule has 1 aromatic heterocycles. The maximum Gasteiger partial charge on any atom is 0.0762 e. The van der Waals surface area contributed by atoms with Crippen molar-refractivity contribution in [2.75, 3.05) is 6.54 Å². The molecule has 1 fully saturated rings. The Kier molecular flexibility index (Phi) is 1.86. The number of aliphatic hydroxyl groups excluding tert-OH is 1. The SMILES string of the molecule is Cn1nccc1C1NCCC1O. The fourth-order valence-electron chi connectivity index (χ4n) is 1.68. The summed E-state index contributed by atoms with van der Waals surface area (Å²) in [6.07, 6.45) is 2.32. The van der Waals surface area contributed by atoms with E-state index in [-0.39, 0.29) is 12.1 Å². The van der Waals surface area contributed by atoms with Crippen molar-refractivity contribution >= 4 is 0 Å². The van der Waals surface area contributed by atoms with Gasteiger partial charge in [0.1, 0.15) is 0 Å². The Morgan fingerprint density at radius 2 is 2.58 bits per heavy atom. The van der Waals surface area contributed by atoms with Crippen molar-refractivity contribution < 1.29 is 5.11 Å². The van der Waals surface area contributed by atoms with Gasteiger partial charge in [-0.15, -0.1) is 0 Å². The molecule has 1 aromatic rings. The summed E-state index contributed by atoms with van der Waals surface area (Å²) in [6, 6.07) is 2.00. The van der Waals surface area contributed by atoms with E-state index in [0.29, 0.717) is 0 Å². The van der Waals surface area contributed by atoms with Gasteiger partial charge >= 0.3 is 0 Å². The van der Waals surface area contributed by atoms with Crippen molar-refractivity contribution in [1.29, 1.82) is 0 Å². The van der Waals surface area contributed by atoms with Crippen LogP contribution >= 0.6 is 0 Å². The highest BCUT2D eigenvalue weighted by atomic mass is 16.3.